The molecule has 11 heteroatoms. The van der Waals surface area contributed by atoms with E-state index in [-0.39, 0.29) is 23.0 Å². The summed E-state index contributed by atoms with van der Waals surface area (Å²) in [5.74, 6) is -1.14. The standard InChI is InChI=1S/C30H23ClN4O5S/c31-25-8-4-5-9-26(25)33-28(36)19-41-24-16-12-22(13-17-24)32-30(38)27(34-29(37)21-6-2-1-3-7-21)18-20-10-14-23(15-11-20)35(39)40/h1-18H,19H2,(H,32,38)(H,33,36)(H,34,37)/b27-18-. The van der Waals surface area contributed by atoms with Gasteiger partial charge in [0.25, 0.3) is 17.5 Å². The second kappa shape index (κ2) is 13.9. The number of nitrogens with zero attached hydrogens (tertiary/aromatic N) is 1. The van der Waals surface area contributed by atoms with Gasteiger partial charge in [-0.25, -0.2) is 0 Å². The number of carbonyl (C=O) groups excluding carboxylic acids is 3. The number of anilines is 2. The van der Waals surface area contributed by atoms with Crippen LogP contribution in [0.2, 0.25) is 5.02 Å². The molecule has 3 amide bonds. The highest BCUT2D eigenvalue weighted by Gasteiger charge is 2.16. The Kier molecular flexibility index (Phi) is 9.87. The zero-order valence-corrected chi connectivity index (χ0v) is 22.9. The zero-order chi connectivity index (χ0) is 29.2. The van der Waals surface area contributed by atoms with Crippen LogP contribution in [0.3, 0.4) is 0 Å². The third-order valence-corrected chi connectivity index (χ3v) is 6.92. The molecule has 0 aliphatic carbocycles. The quantitative estimate of drug-likeness (QED) is 0.0854. The fraction of sp³-hybridized carbons (Fsp3) is 0.0333. The van der Waals surface area contributed by atoms with Gasteiger partial charge in [-0.05, 0) is 72.3 Å². The number of halogens is 1. The Labute approximate surface area is 244 Å². The molecule has 9 nitrogen and oxygen atoms in total. The van der Waals surface area contributed by atoms with Crippen molar-refractivity contribution in [1.29, 1.82) is 0 Å². The SMILES string of the molecule is O=C(CSc1ccc(NC(=O)/C(=C/c2ccc([N+](=O)[O-])cc2)NC(=O)c2ccccc2)cc1)Nc1ccccc1Cl. The van der Waals surface area contributed by atoms with Crippen molar-refractivity contribution in [2.24, 2.45) is 0 Å². The Bertz CT molecular complexity index is 1590. The van der Waals surface area contributed by atoms with Gasteiger partial charge in [-0.15, -0.1) is 11.8 Å². The first kappa shape index (κ1) is 29.1. The minimum atomic E-state index is -0.591. The number of nitro benzene ring substituents is 1. The second-order valence-corrected chi connectivity index (χ2v) is 9.98. The van der Waals surface area contributed by atoms with Gasteiger partial charge in [-0.3, -0.25) is 24.5 Å². The minimum absolute atomic E-state index is 0.0533. The molecule has 41 heavy (non-hydrogen) atoms. The van der Waals surface area contributed by atoms with Crippen LogP contribution in [-0.4, -0.2) is 28.4 Å². The molecule has 206 valence electrons. The Morgan fingerprint density at radius 3 is 2.15 bits per heavy atom. The van der Waals surface area contributed by atoms with Crippen molar-refractivity contribution in [1.82, 2.24) is 5.32 Å². The predicted molar refractivity (Wildman–Crippen MR) is 161 cm³/mol. The lowest BCUT2D eigenvalue weighted by Crippen LogP contribution is -2.30. The number of hydrogen-bond donors (Lipinski definition) is 3. The van der Waals surface area contributed by atoms with Gasteiger partial charge in [-0.1, -0.05) is 41.9 Å². The largest absolute Gasteiger partial charge is 0.324 e. The summed E-state index contributed by atoms with van der Waals surface area (Å²) in [7, 11) is 0. The molecule has 4 aromatic carbocycles. The first-order valence-corrected chi connectivity index (χ1v) is 13.6. The van der Waals surface area contributed by atoms with Crippen molar-refractivity contribution in [3.8, 4) is 0 Å². The van der Waals surface area contributed by atoms with Gasteiger partial charge in [0.15, 0.2) is 0 Å². The van der Waals surface area contributed by atoms with Crippen molar-refractivity contribution < 1.29 is 19.3 Å². The minimum Gasteiger partial charge on any atom is -0.324 e. The number of nitrogens with one attached hydrogen (secondary N) is 3. The van der Waals surface area contributed by atoms with Crippen LogP contribution in [0.5, 0.6) is 0 Å². The summed E-state index contributed by atoms with van der Waals surface area (Å²) < 4.78 is 0. The fourth-order valence-electron chi connectivity index (χ4n) is 3.53. The maximum Gasteiger partial charge on any atom is 0.272 e. The van der Waals surface area contributed by atoms with Crippen molar-refractivity contribution in [3.05, 3.63) is 135 Å². The van der Waals surface area contributed by atoms with Crippen LogP contribution in [0, 0.1) is 10.1 Å². The van der Waals surface area contributed by atoms with Gasteiger partial charge in [0.1, 0.15) is 5.70 Å². The van der Waals surface area contributed by atoms with Gasteiger partial charge < -0.3 is 16.0 Å². The summed E-state index contributed by atoms with van der Waals surface area (Å²) in [5, 5.41) is 19.6. The third-order valence-electron chi connectivity index (χ3n) is 5.57. The topological polar surface area (TPSA) is 130 Å². The van der Waals surface area contributed by atoms with Crippen LogP contribution < -0.4 is 16.0 Å². The van der Waals surface area contributed by atoms with Gasteiger partial charge >= 0.3 is 0 Å². The molecule has 0 radical (unpaired) electrons. The lowest BCUT2D eigenvalue weighted by Gasteiger charge is -2.12. The number of nitro groups is 1. The molecule has 4 aromatic rings. The lowest BCUT2D eigenvalue weighted by atomic mass is 10.1. The molecule has 0 aliphatic heterocycles. The van der Waals surface area contributed by atoms with Crippen LogP contribution in [0.15, 0.2) is 114 Å². The average Bonchev–Trinajstić information content (AvgIpc) is 2.98. The van der Waals surface area contributed by atoms with Gasteiger partial charge in [0, 0.05) is 28.3 Å². The van der Waals surface area contributed by atoms with E-state index in [0.29, 0.717) is 27.5 Å². The maximum atomic E-state index is 13.2. The number of amides is 3. The van der Waals surface area contributed by atoms with Gasteiger partial charge in [-0.2, -0.15) is 0 Å². The van der Waals surface area contributed by atoms with E-state index < -0.39 is 16.7 Å². The highest BCUT2D eigenvalue weighted by atomic mass is 35.5. The monoisotopic (exact) mass is 586 g/mol. The van der Waals surface area contributed by atoms with E-state index in [1.807, 2.05) is 0 Å². The normalized spacial score (nSPS) is 10.9. The summed E-state index contributed by atoms with van der Waals surface area (Å²) in [6.07, 6.45) is 1.43. The molecule has 0 saturated heterocycles. The van der Waals surface area contributed by atoms with Crippen molar-refractivity contribution in [2.45, 2.75) is 4.90 Å². The number of rotatable bonds is 10. The first-order valence-electron chi connectivity index (χ1n) is 12.2. The molecule has 4 rings (SSSR count). The molecular formula is C30H23ClN4O5S. The average molecular weight is 587 g/mol. The fourth-order valence-corrected chi connectivity index (χ4v) is 4.41. The molecule has 0 unspecified atom stereocenters. The highest BCUT2D eigenvalue weighted by molar-refractivity contribution is 8.00. The molecule has 0 bridgehead atoms. The van der Waals surface area contributed by atoms with E-state index in [0.717, 1.165) is 4.90 Å². The molecule has 0 saturated carbocycles. The van der Waals surface area contributed by atoms with Gasteiger partial charge in [0.05, 0.1) is 21.4 Å². The molecular weight excluding hydrogens is 564 g/mol. The molecule has 0 spiro atoms. The van der Waals surface area contributed by atoms with Crippen LogP contribution in [0.25, 0.3) is 6.08 Å². The summed E-state index contributed by atoms with van der Waals surface area (Å²) in [5.41, 5.74) is 1.69. The molecule has 0 aliphatic rings. The number of carbonyl (C=O) groups is 3. The van der Waals surface area contributed by atoms with Crippen LogP contribution in [-0.2, 0) is 9.59 Å². The summed E-state index contributed by atoms with van der Waals surface area (Å²) in [4.78, 5) is 49.5. The predicted octanol–water partition coefficient (Wildman–Crippen LogP) is 6.39. The van der Waals surface area contributed by atoms with Crippen molar-refractivity contribution in [2.75, 3.05) is 16.4 Å². The summed E-state index contributed by atoms with van der Waals surface area (Å²) in [6, 6.07) is 27.8. The number of non-ortho nitro benzene ring substituents is 1. The Hall–Kier alpha value is -4.93. The van der Waals surface area contributed by atoms with E-state index in [2.05, 4.69) is 16.0 Å². The third kappa shape index (κ3) is 8.53. The highest BCUT2D eigenvalue weighted by Crippen LogP contribution is 2.24. The van der Waals surface area contributed by atoms with Crippen LogP contribution in [0.4, 0.5) is 17.1 Å². The molecule has 0 atom stereocenters. The molecule has 3 N–H and O–H groups in total. The number of thioether (sulfide) groups is 1. The zero-order valence-electron chi connectivity index (χ0n) is 21.4. The van der Waals surface area contributed by atoms with Crippen LogP contribution in [0.1, 0.15) is 15.9 Å². The van der Waals surface area contributed by atoms with E-state index in [4.69, 9.17) is 11.6 Å². The summed E-state index contributed by atoms with van der Waals surface area (Å²) in [6.45, 7) is 0. The Morgan fingerprint density at radius 2 is 1.49 bits per heavy atom. The number of para-hydroxylation sites is 1. The first-order chi connectivity index (χ1) is 19.8. The number of hydrogen-bond acceptors (Lipinski definition) is 6. The van der Waals surface area contributed by atoms with Crippen molar-refractivity contribution >= 4 is 64.2 Å². The molecule has 0 fully saturated rings. The van der Waals surface area contributed by atoms with E-state index in [1.54, 1.807) is 78.9 Å². The van der Waals surface area contributed by atoms with Gasteiger partial charge in [0.2, 0.25) is 5.91 Å². The summed E-state index contributed by atoms with van der Waals surface area (Å²) >= 11 is 7.40. The number of benzene rings is 4. The Balaban J connectivity index is 1.43. The van der Waals surface area contributed by atoms with Crippen LogP contribution >= 0.6 is 23.4 Å². The second-order valence-electron chi connectivity index (χ2n) is 8.52. The molecule has 0 heterocycles. The Morgan fingerprint density at radius 1 is 0.829 bits per heavy atom. The molecule has 0 aromatic heterocycles. The van der Waals surface area contributed by atoms with E-state index >= 15 is 0 Å². The maximum absolute atomic E-state index is 13.2. The van der Waals surface area contributed by atoms with E-state index in [1.165, 1.54) is 42.1 Å². The smallest absolute Gasteiger partial charge is 0.272 e. The van der Waals surface area contributed by atoms with E-state index in [9.17, 15) is 24.5 Å². The lowest BCUT2D eigenvalue weighted by molar-refractivity contribution is -0.384. The van der Waals surface area contributed by atoms with Crippen molar-refractivity contribution in [3.63, 3.8) is 0 Å².